The molecule has 8 heavy (non-hydrogen) atoms. The van der Waals surface area contributed by atoms with Gasteiger partial charge in [0.15, 0.2) is 0 Å². The minimum absolute atomic E-state index is 0.136. The van der Waals surface area contributed by atoms with Gasteiger partial charge in [-0.2, -0.15) is 0 Å². The molecule has 44 valence electrons. The molecule has 0 atom stereocenters. The van der Waals surface area contributed by atoms with Crippen LogP contribution in [0.15, 0.2) is 23.4 Å². The molecule has 0 aliphatic rings. The van der Waals surface area contributed by atoms with E-state index in [1.807, 2.05) is 0 Å². The van der Waals surface area contributed by atoms with Gasteiger partial charge in [-0.15, -0.1) is 0 Å². The topological polar surface area (TPSA) is 37.3 Å². The lowest BCUT2D eigenvalue weighted by atomic mass is 10.5. The normalized spacial score (nSPS) is 12.4. The fraction of sp³-hybridized carbons (Fsp3) is 0. The summed E-state index contributed by atoms with van der Waals surface area (Å²) in [6.45, 7) is 0. The van der Waals surface area contributed by atoms with E-state index < -0.39 is 0 Å². The monoisotopic (exact) mass is 132 g/mol. The van der Waals surface area contributed by atoms with Crippen LogP contribution in [0.25, 0.3) is 0 Å². The van der Waals surface area contributed by atoms with Gasteiger partial charge in [0.2, 0.25) is 0 Å². The second-order valence-corrected chi connectivity index (χ2v) is 1.45. The number of aliphatic hydroxyl groups is 1. The molecule has 0 aromatic rings. The van der Waals surface area contributed by atoms with Crippen molar-refractivity contribution in [2.75, 3.05) is 0 Å². The van der Waals surface area contributed by atoms with Gasteiger partial charge in [-0.25, -0.2) is 0 Å². The standard InChI is InChI=1S/C5H5ClO2/c6-5(4-8)2-1-3-7/h1-4,8H. The summed E-state index contributed by atoms with van der Waals surface area (Å²) in [5.74, 6) is 0. The summed E-state index contributed by atoms with van der Waals surface area (Å²) in [5.41, 5.74) is 0. The smallest absolute Gasteiger partial charge is 0.142 e. The number of carbonyl (C=O) groups is 1. The Balaban J connectivity index is 3.69. The van der Waals surface area contributed by atoms with E-state index >= 15 is 0 Å². The average Bonchev–Trinajstić information content (AvgIpc) is 1.83. The number of aldehydes is 1. The van der Waals surface area contributed by atoms with Crippen molar-refractivity contribution in [3.05, 3.63) is 23.4 Å². The molecule has 0 unspecified atom stereocenters. The zero-order valence-corrected chi connectivity index (χ0v) is 4.80. The fourth-order valence-electron chi connectivity index (χ4n) is 0.174. The zero-order chi connectivity index (χ0) is 6.41. The second kappa shape index (κ2) is 4.40. The van der Waals surface area contributed by atoms with Gasteiger partial charge in [0.25, 0.3) is 0 Å². The van der Waals surface area contributed by atoms with E-state index in [-0.39, 0.29) is 5.03 Å². The van der Waals surface area contributed by atoms with Crippen LogP contribution in [0.3, 0.4) is 0 Å². The minimum Gasteiger partial charge on any atom is -0.514 e. The number of hydrogen-bond donors (Lipinski definition) is 1. The van der Waals surface area contributed by atoms with Gasteiger partial charge < -0.3 is 5.11 Å². The van der Waals surface area contributed by atoms with Crippen LogP contribution in [0.5, 0.6) is 0 Å². The number of allylic oxidation sites excluding steroid dienone is 3. The molecule has 0 aliphatic heterocycles. The van der Waals surface area contributed by atoms with Crippen LogP contribution in [-0.4, -0.2) is 11.4 Å². The van der Waals surface area contributed by atoms with Crippen LogP contribution < -0.4 is 0 Å². The third-order valence-corrected chi connectivity index (χ3v) is 0.681. The van der Waals surface area contributed by atoms with E-state index in [0.29, 0.717) is 12.5 Å². The van der Waals surface area contributed by atoms with Crippen molar-refractivity contribution in [3.63, 3.8) is 0 Å². The van der Waals surface area contributed by atoms with Crippen LogP contribution in [0.1, 0.15) is 0 Å². The first kappa shape index (κ1) is 7.24. The Morgan fingerprint density at radius 2 is 2.25 bits per heavy atom. The number of halogens is 1. The Kier molecular flexibility index (Phi) is 3.98. The molecule has 0 saturated carbocycles. The molecule has 0 bridgehead atoms. The van der Waals surface area contributed by atoms with E-state index in [2.05, 4.69) is 0 Å². The molecular weight excluding hydrogens is 128 g/mol. The summed E-state index contributed by atoms with van der Waals surface area (Å²) in [7, 11) is 0. The summed E-state index contributed by atoms with van der Waals surface area (Å²) >= 11 is 5.21. The van der Waals surface area contributed by atoms with Crippen molar-refractivity contribution >= 4 is 17.9 Å². The average molecular weight is 133 g/mol. The summed E-state index contributed by atoms with van der Waals surface area (Å²) in [4.78, 5) is 9.57. The SMILES string of the molecule is O=CC=CC(Cl)=CO. The third kappa shape index (κ3) is 3.43. The van der Waals surface area contributed by atoms with Gasteiger partial charge in [0.05, 0.1) is 11.3 Å². The Morgan fingerprint density at radius 3 is 2.62 bits per heavy atom. The molecule has 3 heteroatoms. The minimum atomic E-state index is 0.136. The van der Waals surface area contributed by atoms with Crippen molar-refractivity contribution in [1.82, 2.24) is 0 Å². The highest BCUT2D eigenvalue weighted by Crippen LogP contribution is 1.98. The van der Waals surface area contributed by atoms with Crippen molar-refractivity contribution in [2.24, 2.45) is 0 Å². The summed E-state index contributed by atoms with van der Waals surface area (Å²) in [5, 5.41) is 8.24. The van der Waals surface area contributed by atoms with Crippen LogP contribution in [-0.2, 0) is 4.79 Å². The maximum absolute atomic E-state index is 9.57. The van der Waals surface area contributed by atoms with Gasteiger partial charge in [0.1, 0.15) is 6.29 Å². The number of carbonyl (C=O) groups excluding carboxylic acids is 1. The lowest BCUT2D eigenvalue weighted by Crippen LogP contribution is -1.63. The molecule has 0 heterocycles. The quantitative estimate of drug-likeness (QED) is 0.267. The molecule has 0 fully saturated rings. The van der Waals surface area contributed by atoms with E-state index in [4.69, 9.17) is 16.7 Å². The Hall–Kier alpha value is -0.760. The summed E-state index contributed by atoms with van der Waals surface area (Å²) in [6, 6.07) is 0. The maximum Gasteiger partial charge on any atom is 0.142 e. The predicted molar refractivity (Wildman–Crippen MR) is 31.8 cm³/mol. The highest BCUT2D eigenvalue weighted by molar-refractivity contribution is 6.31. The number of hydrogen-bond acceptors (Lipinski definition) is 2. The highest BCUT2D eigenvalue weighted by atomic mass is 35.5. The molecule has 0 aliphatic carbocycles. The van der Waals surface area contributed by atoms with Gasteiger partial charge in [-0.3, -0.25) is 4.79 Å². The van der Waals surface area contributed by atoms with E-state index in [1.165, 1.54) is 12.2 Å². The van der Waals surface area contributed by atoms with Crippen molar-refractivity contribution in [3.8, 4) is 0 Å². The van der Waals surface area contributed by atoms with Gasteiger partial charge >= 0.3 is 0 Å². The zero-order valence-electron chi connectivity index (χ0n) is 4.04. The van der Waals surface area contributed by atoms with Gasteiger partial charge in [-0.1, -0.05) is 11.6 Å². The Labute approximate surface area is 52.1 Å². The first-order valence-electron chi connectivity index (χ1n) is 1.93. The molecule has 0 rings (SSSR count). The van der Waals surface area contributed by atoms with Crippen LogP contribution in [0.2, 0.25) is 0 Å². The summed E-state index contributed by atoms with van der Waals surface area (Å²) < 4.78 is 0. The maximum atomic E-state index is 9.57. The van der Waals surface area contributed by atoms with Crippen molar-refractivity contribution in [2.45, 2.75) is 0 Å². The molecule has 1 N–H and O–H groups in total. The van der Waals surface area contributed by atoms with Crippen LogP contribution in [0, 0.1) is 0 Å². The fourth-order valence-corrected chi connectivity index (χ4v) is 0.247. The van der Waals surface area contributed by atoms with E-state index in [1.54, 1.807) is 0 Å². The molecule has 0 aromatic carbocycles. The van der Waals surface area contributed by atoms with Crippen LogP contribution >= 0.6 is 11.6 Å². The number of rotatable bonds is 2. The molecule has 2 nitrogen and oxygen atoms in total. The highest BCUT2D eigenvalue weighted by Gasteiger charge is 1.77. The first-order valence-corrected chi connectivity index (χ1v) is 2.30. The predicted octanol–water partition coefficient (Wildman–Crippen LogP) is 1.38. The van der Waals surface area contributed by atoms with Crippen LogP contribution in [0.4, 0.5) is 0 Å². The first-order chi connectivity index (χ1) is 3.81. The Bertz CT molecular complexity index is 126. The molecule has 0 aromatic heterocycles. The van der Waals surface area contributed by atoms with Crippen molar-refractivity contribution in [1.29, 1.82) is 0 Å². The second-order valence-electron chi connectivity index (χ2n) is 1.01. The van der Waals surface area contributed by atoms with Crippen molar-refractivity contribution < 1.29 is 9.90 Å². The molecule has 0 amide bonds. The summed E-state index contributed by atoms with van der Waals surface area (Å²) in [6.07, 6.45) is 3.76. The van der Waals surface area contributed by atoms with E-state index in [9.17, 15) is 4.79 Å². The van der Waals surface area contributed by atoms with Gasteiger partial charge in [-0.05, 0) is 12.2 Å². The largest absolute Gasteiger partial charge is 0.514 e. The van der Waals surface area contributed by atoms with Gasteiger partial charge in [0, 0.05) is 0 Å². The molecule has 0 radical (unpaired) electrons. The molecular formula is C5H5ClO2. The number of aliphatic hydroxyl groups excluding tert-OH is 1. The molecule has 0 spiro atoms. The lowest BCUT2D eigenvalue weighted by molar-refractivity contribution is -0.104. The molecule has 0 saturated heterocycles. The lowest BCUT2D eigenvalue weighted by Gasteiger charge is -1.77. The third-order valence-electron chi connectivity index (χ3n) is 0.457. The van der Waals surface area contributed by atoms with E-state index in [0.717, 1.165) is 0 Å². The Morgan fingerprint density at radius 1 is 1.62 bits per heavy atom.